The molecular weight excluding hydrogens is 256 g/mol. The first-order chi connectivity index (χ1) is 8.65. The number of rotatable bonds is 4. The van der Waals surface area contributed by atoms with Crippen molar-refractivity contribution in [3.63, 3.8) is 0 Å². The van der Waals surface area contributed by atoms with Crippen LogP contribution in [0.25, 0.3) is 11.4 Å². The summed E-state index contributed by atoms with van der Waals surface area (Å²) in [5, 5.41) is 9.09. The molecule has 0 unspecified atom stereocenters. The van der Waals surface area contributed by atoms with Crippen molar-refractivity contribution in [1.29, 1.82) is 0 Å². The van der Waals surface area contributed by atoms with Gasteiger partial charge >= 0.3 is 5.97 Å². The smallest absolute Gasteiger partial charge is 0.341 e. The van der Waals surface area contributed by atoms with E-state index in [1.165, 1.54) is 12.4 Å². The van der Waals surface area contributed by atoms with E-state index >= 15 is 0 Å². The zero-order valence-corrected chi connectivity index (χ0v) is 9.96. The van der Waals surface area contributed by atoms with Gasteiger partial charge < -0.3 is 9.84 Å². The Balaban J connectivity index is 2.12. The lowest BCUT2D eigenvalue weighted by molar-refractivity contribution is -0.139. The van der Waals surface area contributed by atoms with Crippen LogP contribution in [0.2, 0.25) is 5.02 Å². The lowest BCUT2D eigenvalue weighted by Crippen LogP contribution is -2.09. The topological polar surface area (TPSA) is 72.3 Å². The fourth-order valence-electron chi connectivity index (χ4n) is 1.28. The van der Waals surface area contributed by atoms with Gasteiger partial charge in [-0.15, -0.1) is 0 Å². The maximum absolute atomic E-state index is 10.3. The third-order valence-electron chi connectivity index (χ3n) is 2.09. The van der Waals surface area contributed by atoms with Gasteiger partial charge in [-0.05, 0) is 24.3 Å². The van der Waals surface area contributed by atoms with Crippen LogP contribution in [0.4, 0.5) is 0 Å². The molecule has 0 saturated heterocycles. The van der Waals surface area contributed by atoms with Crippen molar-refractivity contribution in [2.45, 2.75) is 0 Å². The lowest BCUT2D eigenvalue weighted by atomic mass is 10.2. The number of ether oxygens (including phenoxy) is 1. The minimum absolute atomic E-state index is 0.315. The molecule has 0 aliphatic rings. The number of carbonyl (C=O) groups is 1. The highest BCUT2D eigenvalue weighted by Crippen LogP contribution is 2.18. The van der Waals surface area contributed by atoms with Crippen LogP contribution >= 0.6 is 11.6 Å². The second-order valence-electron chi connectivity index (χ2n) is 3.43. The number of nitrogens with zero attached hydrogens (tertiary/aromatic N) is 2. The molecule has 0 aliphatic carbocycles. The quantitative estimate of drug-likeness (QED) is 0.917. The van der Waals surface area contributed by atoms with E-state index in [-0.39, 0.29) is 0 Å². The molecule has 0 amide bonds. The Hall–Kier alpha value is -2.14. The second-order valence-corrected chi connectivity index (χ2v) is 3.87. The summed E-state index contributed by atoms with van der Waals surface area (Å²) < 4.78 is 4.93. The van der Waals surface area contributed by atoms with Crippen molar-refractivity contribution in [3.05, 3.63) is 41.7 Å². The van der Waals surface area contributed by atoms with Crippen LogP contribution in [0, 0.1) is 0 Å². The molecule has 0 spiro atoms. The molecule has 92 valence electrons. The number of benzene rings is 1. The maximum Gasteiger partial charge on any atom is 0.341 e. The Morgan fingerprint density at radius 1 is 1.22 bits per heavy atom. The van der Waals surface area contributed by atoms with E-state index in [1.807, 2.05) is 0 Å². The molecular formula is C12H9ClN2O3. The Morgan fingerprint density at radius 3 is 2.39 bits per heavy atom. The predicted octanol–water partition coefficient (Wildman–Crippen LogP) is 2.26. The minimum atomic E-state index is -1.04. The van der Waals surface area contributed by atoms with Gasteiger partial charge in [0.05, 0.1) is 12.4 Å². The number of aliphatic carboxylic acids is 1. The Bertz CT molecular complexity index is 540. The van der Waals surface area contributed by atoms with Gasteiger partial charge in [0.25, 0.3) is 0 Å². The molecule has 1 aromatic carbocycles. The van der Waals surface area contributed by atoms with Crippen LogP contribution in [0.5, 0.6) is 5.75 Å². The van der Waals surface area contributed by atoms with Crippen molar-refractivity contribution in [3.8, 4) is 17.1 Å². The molecule has 0 saturated carbocycles. The zero-order valence-electron chi connectivity index (χ0n) is 9.21. The van der Waals surface area contributed by atoms with Gasteiger partial charge in [-0.2, -0.15) is 0 Å². The van der Waals surface area contributed by atoms with E-state index < -0.39 is 12.6 Å². The standard InChI is InChI=1S/C12H9ClN2O3/c13-9-3-1-8(2-4-9)12-14-5-10(6-15-12)18-7-11(16)17/h1-6H,7H2,(H,16,17). The van der Waals surface area contributed by atoms with Crippen molar-refractivity contribution >= 4 is 17.6 Å². The fourth-order valence-corrected chi connectivity index (χ4v) is 1.41. The summed E-state index contributed by atoms with van der Waals surface area (Å²) in [7, 11) is 0. The molecule has 0 radical (unpaired) electrons. The van der Waals surface area contributed by atoms with Crippen molar-refractivity contribution in [2.75, 3.05) is 6.61 Å². The van der Waals surface area contributed by atoms with Crippen LogP contribution in [-0.4, -0.2) is 27.7 Å². The first-order valence-electron chi connectivity index (χ1n) is 5.08. The highest BCUT2D eigenvalue weighted by molar-refractivity contribution is 6.30. The molecule has 1 heterocycles. The number of hydrogen-bond donors (Lipinski definition) is 1. The first kappa shape index (κ1) is 12.3. The van der Waals surface area contributed by atoms with E-state index in [2.05, 4.69) is 9.97 Å². The van der Waals surface area contributed by atoms with Crippen LogP contribution in [-0.2, 0) is 4.79 Å². The average Bonchev–Trinajstić information content (AvgIpc) is 2.38. The minimum Gasteiger partial charge on any atom is -0.479 e. The number of hydrogen-bond acceptors (Lipinski definition) is 4. The molecule has 1 N–H and O–H groups in total. The van der Waals surface area contributed by atoms with Crippen LogP contribution < -0.4 is 4.74 Å². The first-order valence-corrected chi connectivity index (χ1v) is 5.45. The molecule has 1 aromatic heterocycles. The SMILES string of the molecule is O=C(O)COc1cnc(-c2ccc(Cl)cc2)nc1. The Labute approximate surface area is 108 Å². The van der Waals surface area contributed by atoms with Gasteiger partial charge in [-0.3, -0.25) is 0 Å². The summed E-state index contributed by atoms with van der Waals surface area (Å²) in [6.07, 6.45) is 2.86. The van der Waals surface area contributed by atoms with E-state index in [0.717, 1.165) is 5.56 Å². The summed E-state index contributed by atoms with van der Waals surface area (Å²) in [5.41, 5.74) is 0.823. The Morgan fingerprint density at radius 2 is 1.83 bits per heavy atom. The summed E-state index contributed by atoms with van der Waals surface area (Å²) >= 11 is 5.78. The predicted molar refractivity (Wildman–Crippen MR) is 65.6 cm³/mol. The number of carboxylic acids is 1. The summed E-state index contributed by atoms with van der Waals surface area (Å²) in [4.78, 5) is 18.5. The number of aromatic nitrogens is 2. The van der Waals surface area contributed by atoms with Crippen molar-refractivity contribution < 1.29 is 14.6 Å². The number of halogens is 1. The molecule has 2 aromatic rings. The van der Waals surface area contributed by atoms with Gasteiger partial charge in [0, 0.05) is 10.6 Å². The van der Waals surface area contributed by atoms with Gasteiger partial charge in [0.2, 0.25) is 0 Å². The second kappa shape index (κ2) is 5.46. The van der Waals surface area contributed by atoms with Crippen LogP contribution in [0.1, 0.15) is 0 Å². The van der Waals surface area contributed by atoms with Gasteiger partial charge in [0.15, 0.2) is 18.2 Å². The third kappa shape index (κ3) is 3.18. The van der Waals surface area contributed by atoms with Crippen molar-refractivity contribution in [2.24, 2.45) is 0 Å². The highest BCUT2D eigenvalue weighted by Gasteiger charge is 2.03. The summed E-state index contributed by atoms with van der Waals surface area (Å²) in [6.45, 7) is -0.413. The molecule has 0 fully saturated rings. The average molecular weight is 265 g/mol. The van der Waals surface area contributed by atoms with Crippen LogP contribution in [0.15, 0.2) is 36.7 Å². The highest BCUT2D eigenvalue weighted by atomic mass is 35.5. The largest absolute Gasteiger partial charge is 0.479 e. The zero-order chi connectivity index (χ0) is 13.0. The number of carboxylic acid groups (broad SMARTS) is 1. The van der Waals surface area contributed by atoms with E-state index in [4.69, 9.17) is 21.4 Å². The lowest BCUT2D eigenvalue weighted by Gasteiger charge is -2.03. The fraction of sp³-hybridized carbons (Fsp3) is 0.0833. The molecule has 5 nitrogen and oxygen atoms in total. The normalized spacial score (nSPS) is 10.1. The summed E-state index contributed by atoms with van der Waals surface area (Å²) in [5.74, 6) is -0.207. The Kier molecular flexibility index (Phi) is 3.74. The van der Waals surface area contributed by atoms with Gasteiger partial charge in [-0.1, -0.05) is 11.6 Å². The van der Waals surface area contributed by atoms with Crippen molar-refractivity contribution in [1.82, 2.24) is 9.97 Å². The van der Waals surface area contributed by atoms with Crippen LogP contribution in [0.3, 0.4) is 0 Å². The molecule has 2 rings (SSSR count). The molecule has 18 heavy (non-hydrogen) atoms. The van der Waals surface area contributed by atoms with Gasteiger partial charge in [0.1, 0.15) is 0 Å². The van der Waals surface area contributed by atoms with Gasteiger partial charge in [-0.25, -0.2) is 14.8 Å². The third-order valence-corrected chi connectivity index (χ3v) is 2.34. The van der Waals surface area contributed by atoms with E-state index in [1.54, 1.807) is 24.3 Å². The maximum atomic E-state index is 10.3. The van der Waals surface area contributed by atoms with E-state index in [9.17, 15) is 4.79 Å². The molecule has 0 atom stereocenters. The van der Waals surface area contributed by atoms with E-state index in [0.29, 0.717) is 16.6 Å². The molecule has 0 aliphatic heterocycles. The molecule has 6 heteroatoms. The molecule has 0 bridgehead atoms. The monoisotopic (exact) mass is 264 g/mol. The summed E-state index contributed by atoms with van der Waals surface area (Å²) in [6, 6.07) is 7.09.